The molecule has 0 spiro atoms. The van der Waals surface area contributed by atoms with Gasteiger partial charge in [0.2, 0.25) is 0 Å². The Hall–Kier alpha value is -0.593. The molecule has 1 heterocycles. The number of rotatable bonds is 6. The fourth-order valence-corrected chi connectivity index (χ4v) is 3.35. The van der Waals surface area contributed by atoms with Crippen molar-refractivity contribution in [1.82, 2.24) is 5.32 Å². The Morgan fingerprint density at radius 3 is 2.50 bits per heavy atom. The Kier molecular flexibility index (Phi) is 5.63. The first kappa shape index (κ1) is 17.5. The molecule has 0 aromatic carbocycles. The van der Waals surface area contributed by atoms with Gasteiger partial charge in [-0.15, -0.1) is 0 Å². The summed E-state index contributed by atoms with van der Waals surface area (Å²) in [6, 6.07) is -0.371. The lowest BCUT2D eigenvalue weighted by molar-refractivity contribution is 0.000947. The van der Waals surface area contributed by atoms with Crippen molar-refractivity contribution in [2.24, 2.45) is 0 Å². The Morgan fingerprint density at radius 2 is 2.10 bits per heavy atom. The van der Waals surface area contributed by atoms with Crippen molar-refractivity contribution in [3.05, 3.63) is 0 Å². The van der Waals surface area contributed by atoms with Gasteiger partial charge in [-0.2, -0.15) is 0 Å². The van der Waals surface area contributed by atoms with E-state index in [9.17, 15) is 9.90 Å². The molecule has 1 amide bonds. The minimum absolute atomic E-state index is 0.0914. The van der Waals surface area contributed by atoms with Gasteiger partial charge in [0.05, 0.1) is 12.1 Å². The maximum Gasteiger partial charge on any atom is 0.407 e. The largest absolute Gasteiger partial charge is 0.447 e. The fraction of sp³-hybridized carbons (Fsp3) is 0.929. The molecular formula is C14H29NO4Si. The molecule has 0 bridgehead atoms. The summed E-state index contributed by atoms with van der Waals surface area (Å²) in [6.07, 6.45) is 0.262. The highest BCUT2D eigenvalue weighted by molar-refractivity contribution is 6.74. The molecule has 1 aliphatic rings. The lowest BCUT2D eigenvalue weighted by atomic mass is 10.0. The summed E-state index contributed by atoms with van der Waals surface area (Å²) in [7, 11) is -1.95. The monoisotopic (exact) mass is 303 g/mol. The number of alkyl carbamates (subject to hydrolysis) is 1. The minimum atomic E-state index is -1.95. The van der Waals surface area contributed by atoms with Gasteiger partial charge in [0.25, 0.3) is 0 Å². The summed E-state index contributed by atoms with van der Waals surface area (Å²) in [5, 5.41) is 13.2. The summed E-state index contributed by atoms with van der Waals surface area (Å²) in [6.45, 7) is 13.1. The third kappa shape index (κ3) is 4.20. The number of carbonyl (C=O) groups excluding carboxylic acids is 1. The third-order valence-electron chi connectivity index (χ3n) is 4.32. The quantitative estimate of drug-likeness (QED) is 0.740. The summed E-state index contributed by atoms with van der Waals surface area (Å²) in [5.74, 6) is 0. The molecule has 1 aliphatic heterocycles. The number of nitrogens with one attached hydrogen (secondary N) is 1. The smallest absolute Gasteiger partial charge is 0.407 e. The molecule has 3 atom stereocenters. The zero-order valence-corrected chi connectivity index (χ0v) is 14.5. The molecule has 0 unspecified atom stereocenters. The maximum atomic E-state index is 11.1. The van der Waals surface area contributed by atoms with E-state index in [2.05, 4.69) is 46.1 Å². The van der Waals surface area contributed by atoms with Gasteiger partial charge in [-0.05, 0) is 24.6 Å². The van der Waals surface area contributed by atoms with Crippen LogP contribution in [0.2, 0.25) is 18.1 Å². The normalized spacial score (nSPS) is 23.1. The average Bonchev–Trinajstić information content (AvgIpc) is 2.72. The third-order valence-corrected chi connectivity index (χ3v) is 8.82. The van der Waals surface area contributed by atoms with Crippen molar-refractivity contribution in [3.8, 4) is 0 Å². The van der Waals surface area contributed by atoms with E-state index < -0.39 is 20.5 Å². The van der Waals surface area contributed by atoms with Gasteiger partial charge in [-0.3, -0.25) is 0 Å². The van der Waals surface area contributed by atoms with Crippen LogP contribution in [0.1, 0.15) is 40.5 Å². The Bertz CT molecular complexity index is 341. The molecule has 118 valence electrons. The number of aliphatic hydroxyl groups excluding tert-OH is 1. The van der Waals surface area contributed by atoms with E-state index in [1.165, 1.54) is 0 Å². The molecular weight excluding hydrogens is 274 g/mol. The van der Waals surface area contributed by atoms with Crippen molar-refractivity contribution in [3.63, 3.8) is 0 Å². The van der Waals surface area contributed by atoms with Crippen LogP contribution in [-0.2, 0) is 9.16 Å². The summed E-state index contributed by atoms with van der Waals surface area (Å²) < 4.78 is 11.2. The van der Waals surface area contributed by atoms with Crippen LogP contribution in [0.15, 0.2) is 0 Å². The molecule has 6 heteroatoms. The molecule has 1 saturated heterocycles. The number of hydrogen-bond donors (Lipinski definition) is 2. The maximum absolute atomic E-state index is 11.1. The van der Waals surface area contributed by atoms with Gasteiger partial charge in [0.15, 0.2) is 8.32 Å². The molecule has 0 saturated carbocycles. The number of ether oxygens (including phenoxy) is 1. The highest BCUT2D eigenvalue weighted by Crippen LogP contribution is 2.38. The topological polar surface area (TPSA) is 67.8 Å². The molecule has 5 nitrogen and oxygen atoms in total. The summed E-state index contributed by atoms with van der Waals surface area (Å²) in [5.41, 5.74) is 0. The molecule has 0 aromatic rings. The van der Waals surface area contributed by atoms with Gasteiger partial charge >= 0.3 is 6.09 Å². The van der Waals surface area contributed by atoms with Crippen LogP contribution < -0.4 is 5.32 Å². The Labute approximate surface area is 123 Å². The first-order chi connectivity index (χ1) is 9.08. The molecule has 1 fully saturated rings. The first-order valence-electron chi connectivity index (χ1n) is 7.37. The van der Waals surface area contributed by atoms with Crippen LogP contribution in [0.5, 0.6) is 0 Å². The van der Waals surface area contributed by atoms with Crippen LogP contribution in [0.25, 0.3) is 0 Å². The van der Waals surface area contributed by atoms with Crippen molar-refractivity contribution in [1.29, 1.82) is 0 Å². The van der Waals surface area contributed by atoms with Gasteiger partial charge < -0.3 is 19.6 Å². The molecule has 2 N–H and O–H groups in total. The highest BCUT2D eigenvalue weighted by atomic mass is 28.4. The van der Waals surface area contributed by atoms with Gasteiger partial charge in [0, 0.05) is 0 Å². The second-order valence-corrected chi connectivity index (χ2v) is 11.8. The first-order valence-corrected chi connectivity index (χ1v) is 10.3. The second kappa shape index (κ2) is 6.45. The van der Waals surface area contributed by atoms with Gasteiger partial charge in [-0.25, -0.2) is 4.79 Å². The van der Waals surface area contributed by atoms with Crippen molar-refractivity contribution in [2.45, 2.75) is 76.9 Å². The van der Waals surface area contributed by atoms with E-state index in [4.69, 9.17) is 9.16 Å². The van der Waals surface area contributed by atoms with E-state index in [-0.39, 0.29) is 23.8 Å². The van der Waals surface area contributed by atoms with Crippen LogP contribution in [0.4, 0.5) is 4.79 Å². The van der Waals surface area contributed by atoms with E-state index in [1.807, 2.05) is 0 Å². The van der Waals surface area contributed by atoms with Crippen LogP contribution in [0.3, 0.4) is 0 Å². The molecule has 1 rings (SSSR count). The van der Waals surface area contributed by atoms with E-state index >= 15 is 0 Å². The molecule has 20 heavy (non-hydrogen) atoms. The van der Waals surface area contributed by atoms with Crippen LogP contribution in [-0.4, -0.2) is 44.4 Å². The average molecular weight is 303 g/mol. The summed E-state index contributed by atoms with van der Waals surface area (Å²) in [4.78, 5) is 11.1. The van der Waals surface area contributed by atoms with Crippen LogP contribution in [0, 0.1) is 0 Å². The second-order valence-electron chi connectivity index (χ2n) is 7.05. The Balaban J connectivity index is 2.75. The predicted molar refractivity (Wildman–Crippen MR) is 81.3 cm³/mol. The van der Waals surface area contributed by atoms with Crippen molar-refractivity contribution >= 4 is 14.4 Å². The van der Waals surface area contributed by atoms with E-state index in [1.54, 1.807) is 0 Å². The number of aliphatic hydroxyl groups is 1. The summed E-state index contributed by atoms with van der Waals surface area (Å²) >= 11 is 0. The van der Waals surface area contributed by atoms with Crippen LogP contribution >= 0.6 is 0 Å². The molecule has 0 aliphatic carbocycles. The van der Waals surface area contributed by atoms with Crippen molar-refractivity contribution < 1.29 is 19.1 Å². The molecule has 0 radical (unpaired) electrons. The highest BCUT2D eigenvalue weighted by Gasteiger charge is 2.42. The lowest BCUT2D eigenvalue weighted by Crippen LogP contribution is -2.52. The number of cyclic esters (lactones) is 1. The number of hydrogen-bond acceptors (Lipinski definition) is 4. The predicted octanol–water partition coefficient (Wildman–Crippen LogP) is 2.65. The van der Waals surface area contributed by atoms with E-state index in [0.29, 0.717) is 0 Å². The molecule has 0 aromatic heterocycles. The Morgan fingerprint density at radius 1 is 1.50 bits per heavy atom. The lowest BCUT2D eigenvalue weighted by Gasteiger charge is -2.41. The zero-order valence-electron chi connectivity index (χ0n) is 13.5. The number of amides is 1. The zero-order chi connectivity index (χ0) is 15.6. The van der Waals surface area contributed by atoms with E-state index in [0.717, 1.165) is 12.8 Å². The fourth-order valence-electron chi connectivity index (χ4n) is 1.98. The minimum Gasteiger partial charge on any atom is -0.447 e. The van der Waals surface area contributed by atoms with Gasteiger partial charge in [0.1, 0.15) is 12.7 Å². The standard InChI is InChI=1S/C14H29NO4Si/c1-7-8-11(19-20(5,6)14(2,3)4)12(16)10-9-18-13(17)15-10/h10-12,16H,7-9H2,1-6H3,(H,15,17)/t10-,11-,12-/m1/s1. The number of carbonyl (C=O) groups is 1. The van der Waals surface area contributed by atoms with Crippen molar-refractivity contribution in [2.75, 3.05) is 6.61 Å². The van der Waals surface area contributed by atoms with Gasteiger partial charge in [-0.1, -0.05) is 34.1 Å². The SMILES string of the molecule is CCC[C@@H](O[Si](C)(C)C(C)(C)C)[C@H](O)[C@H]1COC(=O)N1.